The summed E-state index contributed by atoms with van der Waals surface area (Å²) in [7, 11) is -3.43. The lowest BCUT2D eigenvalue weighted by atomic mass is 10.2. The minimum atomic E-state index is -3.43. The van der Waals surface area contributed by atoms with Crippen LogP contribution in [0.4, 0.5) is 5.82 Å². The van der Waals surface area contributed by atoms with Crippen molar-refractivity contribution < 1.29 is 13.2 Å². The Bertz CT molecular complexity index is 906. The summed E-state index contributed by atoms with van der Waals surface area (Å²) in [6.45, 7) is 0.303. The Hall–Kier alpha value is -1.57. The van der Waals surface area contributed by atoms with Gasteiger partial charge in [-0.05, 0) is 24.5 Å². The van der Waals surface area contributed by atoms with E-state index in [-0.39, 0.29) is 0 Å². The van der Waals surface area contributed by atoms with Gasteiger partial charge in [0.25, 0.3) is 0 Å². The van der Waals surface area contributed by atoms with Gasteiger partial charge < -0.3 is 5.32 Å². The number of halogens is 2. The fourth-order valence-corrected chi connectivity index (χ4v) is 5.23. The van der Waals surface area contributed by atoms with Crippen molar-refractivity contribution in [2.45, 2.75) is 37.5 Å². The Balaban J connectivity index is 1.68. The van der Waals surface area contributed by atoms with Crippen LogP contribution in [0.25, 0.3) is 0 Å². The van der Waals surface area contributed by atoms with E-state index < -0.39 is 26.7 Å². The smallest absolute Gasteiger partial charge is 0.240 e. The molecule has 140 valence electrons. The third-order valence-corrected chi connectivity index (χ3v) is 7.49. The van der Waals surface area contributed by atoms with E-state index in [9.17, 15) is 13.2 Å². The highest BCUT2D eigenvalue weighted by Crippen LogP contribution is 2.27. The fraction of sp³-hybridized carbons (Fsp3) is 0.412. The molecule has 26 heavy (non-hydrogen) atoms. The molecule has 0 radical (unpaired) electrons. The zero-order valence-electron chi connectivity index (χ0n) is 14.0. The van der Waals surface area contributed by atoms with E-state index in [0.717, 1.165) is 18.4 Å². The number of benzene rings is 1. The maximum atomic E-state index is 12.3. The average Bonchev–Trinajstić information content (AvgIpc) is 3.24. The van der Waals surface area contributed by atoms with Gasteiger partial charge in [0.15, 0.2) is 9.84 Å². The summed E-state index contributed by atoms with van der Waals surface area (Å²) in [5, 5.41) is 7.25. The SMILES string of the molecule is O=C(CS(=O)(=O)C1CCCC1)Nc1ccnn1Cc1cccc(Cl)c1Cl. The Morgan fingerprint density at radius 2 is 1.96 bits per heavy atom. The highest BCUT2D eigenvalue weighted by Gasteiger charge is 2.30. The predicted molar refractivity (Wildman–Crippen MR) is 102 cm³/mol. The number of sulfone groups is 1. The van der Waals surface area contributed by atoms with Crippen LogP contribution in [0.15, 0.2) is 30.5 Å². The standard InChI is InChI=1S/C17H19Cl2N3O3S/c18-14-7-3-4-12(17(14)19)10-22-15(8-9-20-22)21-16(23)11-26(24,25)13-5-1-2-6-13/h3-4,7-9,13H,1-2,5-6,10-11H2,(H,21,23). The Morgan fingerprint density at radius 1 is 1.23 bits per heavy atom. The molecule has 0 bridgehead atoms. The first kappa shape index (κ1) is 19.2. The molecule has 0 saturated heterocycles. The average molecular weight is 416 g/mol. The lowest BCUT2D eigenvalue weighted by Gasteiger charge is -2.13. The normalized spacial score (nSPS) is 15.3. The Kier molecular flexibility index (Phi) is 5.89. The molecule has 3 rings (SSSR count). The van der Waals surface area contributed by atoms with Crippen molar-refractivity contribution in [2.24, 2.45) is 0 Å². The van der Waals surface area contributed by atoms with E-state index in [1.165, 1.54) is 10.9 Å². The predicted octanol–water partition coefficient (Wildman–Crippen LogP) is 3.53. The summed E-state index contributed by atoms with van der Waals surface area (Å²) in [5.41, 5.74) is 0.747. The molecule has 2 aromatic rings. The van der Waals surface area contributed by atoms with Gasteiger partial charge in [-0.25, -0.2) is 13.1 Å². The van der Waals surface area contributed by atoms with Crippen molar-refractivity contribution in [3.8, 4) is 0 Å². The van der Waals surface area contributed by atoms with E-state index in [4.69, 9.17) is 23.2 Å². The van der Waals surface area contributed by atoms with Gasteiger partial charge in [-0.15, -0.1) is 0 Å². The number of rotatable bonds is 6. The lowest BCUT2D eigenvalue weighted by molar-refractivity contribution is -0.113. The number of anilines is 1. The summed E-state index contributed by atoms with van der Waals surface area (Å²) in [6, 6.07) is 6.89. The van der Waals surface area contributed by atoms with E-state index in [2.05, 4.69) is 10.4 Å². The van der Waals surface area contributed by atoms with Crippen LogP contribution in [-0.2, 0) is 21.2 Å². The molecule has 1 aliphatic rings. The third-order valence-electron chi connectivity index (χ3n) is 4.48. The van der Waals surface area contributed by atoms with Crippen LogP contribution in [0, 0.1) is 0 Å². The van der Waals surface area contributed by atoms with Crippen molar-refractivity contribution in [3.05, 3.63) is 46.1 Å². The molecular weight excluding hydrogens is 397 g/mol. The molecule has 1 N–H and O–H groups in total. The molecule has 1 heterocycles. The molecule has 1 fully saturated rings. The first-order chi connectivity index (χ1) is 12.4. The molecule has 6 nitrogen and oxygen atoms in total. The lowest BCUT2D eigenvalue weighted by Crippen LogP contribution is -2.30. The third kappa shape index (κ3) is 4.39. The molecular formula is C17H19Cl2N3O3S. The molecule has 1 amide bonds. The number of nitrogens with zero attached hydrogens (tertiary/aromatic N) is 2. The van der Waals surface area contributed by atoms with Crippen molar-refractivity contribution in [3.63, 3.8) is 0 Å². The van der Waals surface area contributed by atoms with Crippen molar-refractivity contribution >= 4 is 44.8 Å². The van der Waals surface area contributed by atoms with Crippen molar-refractivity contribution in [1.82, 2.24) is 9.78 Å². The maximum Gasteiger partial charge on any atom is 0.240 e. The van der Waals surface area contributed by atoms with Crippen LogP contribution in [0.3, 0.4) is 0 Å². The first-order valence-corrected chi connectivity index (χ1v) is 10.8. The Labute approximate surface area is 162 Å². The van der Waals surface area contributed by atoms with Gasteiger partial charge in [0.2, 0.25) is 5.91 Å². The first-order valence-electron chi connectivity index (χ1n) is 8.33. The van der Waals surface area contributed by atoms with Crippen LogP contribution in [0.1, 0.15) is 31.2 Å². The van der Waals surface area contributed by atoms with Crippen LogP contribution in [0.2, 0.25) is 10.0 Å². The van der Waals surface area contributed by atoms with E-state index >= 15 is 0 Å². The molecule has 1 aliphatic carbocycles. The number of nitrogens with one attached hydrogen (secondary N) is 1. The zero-order chi connectivity index (χ0) is 18.7. The fourth-order valence-electron chi connectivity index (χ4n) is 3.12. The number of hydrogen-bond acceptors (Lipinski definition) is 4. The quantitative estimate of drug-likeness (QED) is 0.781. The van der Waals surface area contributed by atoms with Gasteiger partial charge in [-0.1, -0.05) is 48.2 Å². The topological polar surface area (TPSA) is 81.1 Å². The van der Waals surface area contributed by atoms with E-state index in [1.54, 1.807) is 18.2 Å². The molecule has 1 saturated carbocycles. The number of carbonyl (C=O) groups excluding carboxylic acids is 1. The summed E-state index contributed by atoms with van der Waals surface area (Å²) in [5.74, 6) is -0.663. The van der Waals surface area contributed by atoms with Gasteiger partial charge in [-0.2, -0.15) is 5.10 Å². The van der Waals surface area contributed by atoms with Gasteiger partial charge in [0.1, 0.15) is 11.6 Å². The summed E-state index contributed by atoms with van der Waals surface area (Å²) in [4.78, 5) is 12.2. The number of amides is 1. The second-order valence-corrected chi connectivity index (χ2v) is 9.42. The van der Waals surface area contributed by atoms with Gasteiger partial charge in [0.05, 0.1) is 28.0 Å². The minimum absolute atomic E-state index is 0.303. The molecule has 9 heteroatoms. The van der Waals surface area contributed by atoms with E-state index in [1.807, 2.05) is 6.07 Å². The van der Waals surface area contributed by atoms with Gasteiger partial charge in [0, 0.05) is 6.07 Å². The van der Waals surface area contributed by atoms with E-state index in [0.29, 0.717) is 35.2 Å². The Morgan fingerprint density at radius 3 is 2.69 bits per heavy atom. The van der Waals surface area contributed by atoms with Gasteiger partial charge in [-0.3, -0.25) is 4.79 Å². The summed E-state index contributed by atoms with van der Waals surface area (Å²) in [6.07, 6.45) is 4.61. The minimum Gasteiger partial charge on any atom is -0.310 e. The molecule has 0 unspecified atom stereocenters. The monoisotopic (exact) mass is 415 g/mol. The molecule has 0 spiro atoms. The molecule has 0 aliphatic heterocycles. The summed E-state index contributed by atoms with van der Waals surface area (Å²) < 4.78 is 26.2. The number of aromatic nitrogens is 2. The second kappa shape index (κ2) is 7.98. The number of hydrogen-bond donors (Lipinski definition) is 1. The maximum absolute atomic E-state index is 12.3. The largest absolute Gasteiger partial charge is 0.310 e. The van der Waals surface area contributed by atoms with Crippen LogP contribution < -0.4 is 5.32 Å². The van der Waals surface area contributed by atoms with Crippen molar-refractivity contribution in [1.29, 1.82) is 0 Å². The van der Waals surface area contributed by atoms with Gasteiger partial charge >= 0.3 is 0 Å². The zero-order valence-corrected chi connectivity index (χ0v) is 16.3. The van der Waals surface area contributed by atoms with Crippen LogP contribution in [-0.4, -0.2) is 35.1 Å². The molecule has 1 aromatic heterocycles. The molecule has 0 atom stereocenters. The highest BCUT2D eigenvalue weighted by atomic mass is 35.5. The summed E-state index contributed by atoms with van der Waals surface area (Å²) >= 11 is 12.2. The van der Waals surface area contributed by atoms with Crippen molar-refractivity contribution in [2.75, 3.05) is 11.1 Å². The number of carbonyl (C=O) groups is 1. The second-order valence-electron chi connectivity index (χ2n) is 6.35. The van der Waals surface area contributed by atoms with Crippen LogP contribution in [0.5, 0.6) is 0 Å². The highest BCUT2D eigenvalue weighted by molar-refractivity contribution is 7.92. The van der Waals surface area contributed by atoms with Crippen LogP contribution >= 0.6 is 23.2 Å². The molecule has 1 aromatic carbocycles.